The molecule has 0 aliphatic carbocycles. The van der Waals surface area contributed by atoms with Crippen LogP contribution in [0.25, 0.3) is 0 Å². The SMILES string of the molecule is COc1ccc(N)c(NC(=O)c2noc(C)n2)c1. The molecule has 2 rings (SSSR count). The van der Waals surface area contributed by atoms with Crippen LogP contribution in [0.3, 0.4) is 0 Å². The predicted octanol–water partition coefficient (Wildman–Crippen LogP) is 1.22. The number of anilines is 2. The highest BCUT2D eigenvalue weighted by Crippen LogP contribution is 2.24. The van der Waals surface area contributed by atoms with Crippen LogP contribution < -0.4 is 15.8 Å². The summed E-state index contributed by atoms with van der Waals surface area (Å²) in [4.78, 5) is 15.6. The molecule has 0 atom stereocenters. The zero-order valence-corrected chi connectivity index (χ0v) is 9.93. The van der Waals surface area contributed by atoms with Crippen molar-refractivity contribution in [2.75, 3.05) is 18.2 Å². The molecule has 94 valence electrons. The van der Waals surface area contributed by atoms with Crippen LogP contribution in [0, 0.1) is 6.92 Å². The van der Waals surface area contributed by atoms with Crippen molar-refractivity contribution in [1.82, 2.24) is 10.1 Å². The number of benzene rings is 1. The van der Waals surface area contributed by atoms with E-state index in [0.29, 0.717) is 23.0 Å². The number of rotatable bonds is 3. The van der Waals surface area contributed by atoms with E-state index >= 15 is 0 Å². The number of hydrogen-bond acceptors (Lipinski definition) is 6. The topological polar surface area (TPSA) is 103 Å². The number of ether oxygens (including phenoxy) is 1. The van der Waals surface area contributed by atoms with Gasteiger partial charge in [0, 0.05) is 13.0 Å². The van der Waals surface area contributed by atoms with Crippen molar-refractivity contribution in [2.24, 2.45) is 0 Å². The molecule has 0 aliphatic rings. The number of carbonyl (C=O) groups excluding carboxylic acids is 1. The fraction of sp³-hybridized carbons (Fsp3) is 0.182. The molecule has 0 bridgehead atoms. The van der Waals surface area contributed by atoms with Crippen LogP contribution in [0.4, 0.5) is 11.4 Å². The summed E-state index contributed by atoms with van der Waals surface area (Å²) in [5.41, 5.74) is 6.59. The van der Waals surface area contributed by atoms with Gasteiger partial charge in [-0.15, -0.1) is 0 Å². The van der Waals surface area contributed by atoms with Gasteiger partial charge in [-0.25, -0.2) is 0 Å². The summed E-state index contributed by atoms with van der Waals surface area (Å²) in [6, 6.07) is 4.94. The Kier molecular flexibility index (Phi) is 3.13. The lowest BCUT2D eigenvalue weighted by Gasteiger charge is -2.08. The Bertz CT molecular complexity index is 579. The van der Waals surface area contributed by atoms with Crippen LogP contribution in [0.2, 0.25) is 0 Å². The first-order valence-electron chi connectivity index (χ1n) is 5.15. The second-order valence-electron chi connectivity index (χ2n) is 3.54. The van der Waals surface area contributed by atoms with Gasteiger partial charge in [-0.1, -0.05) is 5.16 Å². The summed E-state index contributed by atoms with van der Waals surface area (Å²) in [5.74, 6) is 0.365. The Labute approximate surface area is 103 Å². The zero-order chi connectivity index (χ0) is 13.1. The van der Waals surface area contributed by atoms with Crippen molar-refractivity contribution < 1.29 is 14.1 Å². The van der Waals surface area contributed by atoms with Crippen molar-refractivity contribution >= 4 is 17.3 Å². The maximum atomic E-state index is 11.8. The molecule has 7 heteroatoms. The molecule has 1 aromatic carbocycles. The van der Waals surface area contributed by atoms with Gasteiger partial charge >= 0.3 is 0 Å². The molecule has 3 N–H and O–H groups in total. The fourth-order valence-electron chi connectivity index (χ4n) is 1.34. The van der Waals surface area contributed by atoms with Gasteiger partial charge in [0.2, 0.25) is 5.89 Å². The molecule has 0 fully saturated rings. The van der Waals surface area contributed by atoms with Gasteiger partial charge < -0.3 is 20.3 Å². The molecule has 1 heterocycles. The van der Waals surface area contributed by atoms with Gasteiger partial charge in [-0.05, 0) is 12.1 Å². The van der Waals surface area contributed by atoms with Crippen LogP contribution in [-0.2, 0) is 0 Å². The standard InChI is InChI=1S/C11H12N4O3/c1-6-13-10(15-18-6)11(16)14-9-5-7(17-2)3-4-8(9)12/h3-5H,12H2,1-2H3,(H,14,16). The Balaban J connectivity index is 2.21. The molecule has 1 amide bonds. The minimum Gasteiger partial charge on any atom is -0.497 e. The summed E-state index contributed by atoms with van der Waals surface area (Å²) in [7, 11) is 1.53. The average Bonchev–Trinajstić information content (AvgIpc) is 2.79. The number of carbonyl (C=O) groups is 1. The van der Waals surface area contributed by atoms with Gasteiger partial charge in [0.25, 0.3) is 11.7 Å². The van der Waals surface area contributed by atoms with E-state index in [1.54, 1.807) is 25.1 Å². The summed E-state index contributed by atoms with van der Waals surface area (Å²) in [5, 5.41) is 6.10. The third-order valence-corrected chi connectivity index (χ3v) is 2.24. The summed E-state index contributed by atoms with van der Waals surface area (Å²) >= 11 is 0. The first-order valence-corrected chi connectivity index (χ1v) is 5.15. The van der Waals surface area contributed by atoms with E-state index in [1.807, 2.05) is 0 Å². The predicted molar refractivity (Wildman–Crippen MR) is 64.4 cm³/mol. The number of aromatic nitrogens is 2. The molecule has 1 aromatic heterocycles. The van der Waals surface area contributed by atoms with Crippen molar-refractivity contribution in [3.63, 3.8) is 0 Å². The van der Waals surface area contributed by atoms with E-state index in [4.69, 9.17) is 15.0 Å². The van der Waals surface area contributed by atoms with E-state index in [-0.39, 0.29) is 5.82 Å². The molecule has 0 spiro atoms. The van der Waals surface area contributed by atoms with Gasteiger partial charge in [-0.3, -0.25) is 4.79 Å². The van der Waals surface area contributed by atoms with Crippen molar-refractivity contribution in [1.29, 1.82) is 0 Å². The van der Waals surface area contributed by atoms with E-state index in [1.165, 1.54) is 7.11 Å². The van der Waals surface area contributed by atoms with Gasteiger partial charge in [0.05, 0.1) is 18.5 Å². The number of nitrogens with one attached hydrogen (secondary N) is 1. The second kappa shape index (κ2) is 4.74. The Morgan fingerprint density at radius 3 is 2.89 bits per heavy atom. The molecule has 18 heavy (non-hydrogen) atoms. The van der Waals surface area contributed by atoms with Crippen molar-refractivity contribution in [3.8, 4) is 5.75 Å². The van der Waals surface area contributed by atoms with Crippen LogP contribution in [0.1, 0.15) is 16.5 Å². The normalized spacial score (nSPS) is 10.1. The third-order valence-electron chi connectivity index (χ3n) is 2.24. The maximum absolute atomic E-state index is 11.8. The van der Waals surface area contributed by atoms with E-state index in [9.17, 15) is 4.79 Å². The number of methoxy groups -OCH3 is 1. The molecule has 0 saturated carbocycles. The highest BCUT2D eigenvalue weighted by atomic mass is 16.5. The smallest absolute Gasteiger partial charge is 0.297 e. The number of hydrogen-bond donors (Lipinski definition) is 2. The lowest BCUT2D eigenvalue weighted by molar-refractivity contribution is 0.101. The number of amides is 1. The van der Waals surface area contributed by atoms with Crippen LogP contribution in [-0.4, -0.2) is 23.2 Å². The lowest BCUT2D eigenvalue weighted by Crippen LogP contribution is -2.14. The lowest BCUT2D eigenvalue weighted by atomic mass is 10.2. The number of nitrogens with two attached hydrogens (primary N) is 1. The first kappa shape index (κ1) is 11.9. The molecule has 0 saturated heterocycles. The van der Waals surface area contributed by atoms with E-state index < -0.39 is 5.91 Å². The van der Waals surface area contributed by atoms with Gasteiger partial charge in [-0.2, -0.15) is 4.98 Å². The van der Waals surface area contributed by atoms with Crippen LogP contribution in [0.15, 0.2) is 22.7 Å². The van der Waals surface area contributed by atoms with Crippen molar-refractivity contribution in [3.05, 3.63) is 29.9 Å². The summed E-state index contributed by atoms with van der Waals surface area (Å²) in [6.45, 7) is 1.60. The molecule has 0 unspecified atom stereocenters. The van der Waals surface area contributed by atoms with E-state index in [0.717, 1.165) is 0 Å². The molecule has 7 nitrogen and oxygen atoms in total. The van der Waals surface area contributed by atoms with Crippen LogP contribution in [0.5, 0.6) is 5.75 Å². The Hall–Kier alpha value is -2.57. The second-order valence-corrected chi connectivity index (χ2v) is 3.54. The molecular formula is C11H12N4O3. The largest absolute Gasteiger partial charge is 0.497 e. The number of aryl methyl sites for hydroxylation is 1. The van der Waals surface area contributed by atoms with Gasteiger partial charge in [0.15, 0.2) is 0 Å². The monoisotopic (exact) mass is 248 g/mol. The van der Waals surface area contributed by atoms with Crippen LogP contribution >= 0.6 is 0 Å². The average molecular weight is 248 g/mol. The van der Waals surface area contributed by atoms with E-state index in [2.05, 4.69) is 15.5 Å². The number of nitrogens with zero attached hydrogens (tertiary/aromatic N) is 2. The highest BCUT2D eigenvalue weighted by Gasteiger charge is 2.14. The summed E-state index contributed by atoms with van der Waals surface area (Å²) < 4.78 is 9.77. The molecule has 0 radical (unpaired) electrons. The minimum atomic E-state index is -0.494. The van der Waals surface area contributed by atoms with Crippen molar-refractivity contribution in [2.45, 2.75) is 6.92 Å². The van der Waals surface area contributed by atoms with Gasteiger partial charge in [0.1, 0.15) is 5.75 Å². The quantitative estimate of drug-likeness (QED) is 0.791. The maximum Gasteiger partial charge on any atom is 0.297 e. The number of nitrogen functional groups attached to an aromatic ring is 1. The molecular weight excluding hydrogens is 236 g/mol. The molecule has 2 aromatic rings. The third kappa shape index (κ3) is 2.40. The first-order chi connectivity index (χ1) is 8.60. The Morgan fingerprint density at radius 2 is 2.28 bits per heavy atom. The zero-order valence-electron chi connectivity index (χ0n) is 9.93. The minimum absolute atomic E-state index is 0.0466. The molecule has 0 aliphatic heterocycles. The summed E-state index contributed by atoms with van der Waals surface area (Å²) in [6.07, 6.45) is 0. The fourth-order valence-corrected chi connectivity index (χ4v) is 1.34. The Morgan fingerprint density at radius 1 is 1.50 bits per heavy atom. The highest BCUT2D eigenvalue weighted by molar-refractivity contribution is 6.03.